The number of hydrogen-bond donors (Lipinski definition) is 2. The Kier molecular flexibility index (Phi) is 4.85. The normalized spacial score (nSPS) is 9.90. The molecule has 0 aliphatic carbocycles. The monoisotopic (exact) mass is 290 g/mol. The van der Waals surface area contributed by atoms with Gasteiger partial charge in [0.2, 0.25) is 0 Å². The van der Waals surface area contributed by atoms with E-state index in [9.17, 15) is 4.79 Å². The molecule has 0 aliphatic heterocycles. The number of anilines is 2. The Hall–Kier alpha value is -2.20. The molecule has 0 spiro atoms. The van der Waals surface area contributed by atoms with Crippen LogP contribution >= 0.6 is 11.6 Å². The van der Waals surface area contributed by atoms with Gasteiger partial charge in [-0.1, -0.05) is 11.6 Å². The fourth-order valence-corrected chi connectivity index (χ4v) is 1.75. The van der Waals surface area contributed by atoms with Gasteiger partial charge in [0.15, 0.2) is 0 Å². The van der Waals surface area contributed by atoms with Crippen LogP contribution in [0.1, 0.15) is 6.92 Å². The summed E-state index contributed by atoms with van der Waals surface area (Å²) >= 11 is 5.78. The number of ether oxygens (including phenoxy) is 1. The third kappa shape index (κ3) is 4.17. The number of amides is 2. The Morgan fingerprint density at radius 3 is 2.00 bits per heavy atom. The van der Waals surface area contributed by atoms with E-state index in [2.05, 4.69) is 10.6 Å². The third-order valence-corrected chi connectivity index (χ3v) is 2.78. The van der Waals surface area contributed by atoms with Crippen LogP contribution in [-0.4, -0.2) is 12.6 Å². The van der Waals surface area contributed by atoms with Crippen LogP contribution in [0.2, 0.25) is 5.02 Å². The molecule has 4 nitrogen and oxygen atoms in total. The van der Waals surface area contributed by atoms with Crippen molar-refractivity contribution in [3.8, 4) is 5.75 Å². The molecule has 2 amide bonds. The van der Waals surface area contributed by atoms with Crippen LogP contribution in [-0.2, 0) is 0 Å². The summed E-state index contributed by atoms with van der Waals surface area (Å²) in [6, 6.07) is 13.8. The van der Waals surface area contributed by atoms with Crippen molar-refractivity contribution in [3.63, 3.8) is 0 Å². The first kappa shape index (κ1) is 14.2. The first-order valence-electron chi connectivity index (χ1n) is 6.24. The van der Waals surface area contributed by atoms with Crippen LogP contribution in [0.25, 0.3) is 0 Å². The lowest BCUT2D eigenvalue weighted by Crippen LogP contribution is -2.19. The molecule has 0 unspecified atom stereocenters. The highest BCUT2D eigenvalue weighted by Crippen LogP contribution is 2.17. The Morgan fingerprint density at radius 1 is 1.00 bits per heavy atom. The molecule has 0 aliphatic rings. The molecule has 104 valence electrons. The zero-order chi connectivity index (χ0) is 14.4. The van der Waals surface area contributed by atoms with E-state index in [0.717, 1.165) is 5.75 Å². The SMILES string of the molecule is CCOc1ccc(NC(=O)Nc2ccc(Cl)cc2)cc1. The third-order valence-electron chi connectivity index (χ3n) is 2.53. The van der Waals surface area contributed by atoms with Gasteiger partial charge in [-0.05, 0) is 55.5 Å². The van der Waals surface area contributed by atoms with Crippen LogP contribution < -0.4 is 15.4 Å². The van der Waals surface area contributed by atoms with Gasteiger partial charge in [0.25, 0.3) is 0 Å². The summed E-state index contributed by atoms with van der Waals surface area (Å²) in [5, 5.41) is 6.08. The van der Waals surface area contributed by atoms with Crippen molar-refractivity contribution in [2.24, 2.45) is 0 Å². The smallest absolute Gasteiger partial charge is 0.323 e. The molecule has 2 N–H and O–H groups in total. The van der Waals surface area contributed by atoms with Gasteiger partial charge in [0.1, 0.15) is 5.75 Å². The molecule has 0 saturated heterocycles. The van der Waals surface area contributed by atoms with E-state index < -0.39 is 0 Å². The highest BCUT2D eigenvalue weighted by atomic mass is 35.5. The number of carbonyl (C=O) groups excluding carboxylic acids is 1. The molecule has 20 heavy (non-hydrogen) atoms. The van der Waals surface area contributed by atoms with Gasteiger partial charge in [0.05, 0.1) is 6.61 Å². The molecule has 0 bridgehead atoms. The highest BCUT2D eigenvalue weighted by molar-refractivity contribution is 6.30. The summed E-state index contributed by atoms with van der Waals surface area (Å²) in [6.45, 7) is 2.54. The zero-order valence-corrected chi connectivity index (χ0v) is 11.8. The maximum Gasteiger partial charge on any atom is 0.323 e. The second-order valence-electron chi connectivity index (χ2n) is 4.04. The first-order chi connectivity index (χ1) is 9.67. The predicted molar refractivity (Wildman–Crippen MR) is 81.7 cm³/mol. The second kappa shape index (κ2) is 6.82. The number of rotatable bonds is 4. The number of carbonyl (C=O) groups is 1. The van der Waals surface area contributed by atoms with Crippen molar-refractivity contribution in [2.45, 2.75) is 6.92 Å². The fourth-order valence-electron chi connectivity index (χ4n) is 1.63. The summed E-state index contributed by atoms with van der Waals surface area (Å²) < 4.78 is 5.33. The quantitative estimate of drug-likeness (QED) is 0.878. The van der Waals surface area contributed by atoms with Crippen LogP contribution in [0.4, 0.5) is 16.2 Å². The van der Waals surface area contributed by atoms with Crippen LogP contribution in [0, 0.1) is 0 Å². The van der Waals surface area contributed by atoms with E-state index in [1.54, 1.807) is 48.5 Å². The Labute approximate surface area is 122 Å². The van der Waals surface area contributed by atoms with E-state index in [1.807, 2.05) is 6.92 Å². The summed E-state index contributed by atoms with van der Waals surface area (Å²) in [6.07, 6.45) is 0. The van der Waals surface area contributed by atoms with E-state index in [-0.39, 0.29) is 6.03 Å². The maximum absolute atomic E-state index is 11.8. The summed E-state index contributed by atoms with van der Waals surface area (Å²) in [5.74, 6) is 0.774. The first-order valence-corrected chi connectivity index (χ1v) is 6.61. The van der Waals surface area contributed by atoms with Crippen molar-refractivity contribution >= 4 is 29.0 Å². The largest absolute Gasteiger partial charge is 0.494 e. The lowest BCUT2D eigenvalue weighted by atomic mass is 10.3. The standard InChI is InChI=1S/C15H15ClN2O2/c1-2-20-14-9-7-13(8-10-14)18-15(19)17-12-5-3-11(16)4-6-12/h3-10H,2H2,1H3,(H2,17,18,19). The molecule has 0 heterocycles. The minimum absolute atomic E-state index is 0.309. The van der Waals surface area contributed by atoms with Crippen LogP contribution in [0.15, 0.2) is 48.5 Å². The molecule has 2 aromatic rings. The molecular formula is C15H15ClN2O2. The van der Waals surface area contributed by atoms with E-state index in [1.165, 1.54) is 0 Å². The summed E-state index contributed by atoms with van der Waals surface area (Å²) in [7, 11) is 0. The minimum Gasteiger partial charge on any atom is -0.494 e. The molecule has 0 radical (unpaired) electrons. The number of hydrogen-bond acceptors (Lipinski definition) is 2. The lowest BCUT2D eigenvalue weighted by molar-refractivity contribution is 0.262. The zero-order valence-electron chi connectivity index (χ0n) is 11.0. The van der Waals surface area contributed by atoms with Crippen molar-refractivity contribution in [1.82, 2.24) is 0 Å². The number of benzene rings is 2. The second-order valence-corrected chi connectivity index (χ2v) is 4.48. The molecule has 0 atom stereocenters. The van der Waals surface area contributed by atoms with Gasteiger partial charge in [-0.15, -0.1) is 0 Å². The van der Waals surface area contributed by atoms with Crippen molar-refractivity contribution < 1.29 is 9.53 Å². The topological polar surface area (TPSA) is 50.4 Å². The van der Waals surface area contributed by atoms with Crippen molar-refractivity contribution in [1.29, 1.82) is 0 Å². The number of nitrogens with one attached hydrogen (secondary N) is 2. The molecule has 2 rings (SSSR count). The summed E-state index contributed by atoms with van der Waals surface area (Å²) in [5.41, 5.74) is 1.37. The van der Waals surface area contributed by atoms with Gasteiger partial charge in [0, 0.05) is 16.4 Å². The molecular weight excluding hydrogens is 276 g/mol. The molecule has 0 fully saturated rings. The fraction of sp³-hybridized carbons (Fsp3) is 0.133. The molecule has 2 aromatic carbocycles. The highest BCUT2D eigenvalue weighted by Gasteiger charge is 2.02. The van der Waals surface area contributed by atoms with Gasteiger partial charge in [-0.25, -0.2) is 4.79 Å². The predicted octanol–water partition coefficient (Wildman–Crippen LogP) is 4.38. The van der Waals surface area contributed by atoms with E-state index in [0.29, 0.717) is 23.0 Å². The van der Waals surface area contributed by atoms with Crippen LogP contribution in [0.5, 0.6) is 5.75 Å². The maximum atomic E-state index is 11.8. The number of urea groups is 1. The minimum atomic E-state index is -0.309. The average molecular weight is 291 g/mol. The lowest BCUT2D eigenvalue weighted by Gasteiger charge is -2.08. The van der Waals surface area contributed by atoms with Crippen molar-refractivity contribution in [2.75, 3.05) is 17.2 Å². The summed E-state index contributed by atoms with van der Waals surface area (Å²) in [4.78, 5) is 11.8. The Morgan fingerprint density at radius 2 is 1.50 bits per heavy atom. The van der Waals surface area contributed by atoms with E-state index >= 15 is 0 Å². The average Bonchev–Trinajstić information content (AvgIpc) is 2.44. The van der Waals surface area contributed by atoms with Gasteiger partial charge in [-0.3, -0.25) is 0 Å². The van der Waals surface area contributed by atoms with Gasteiger partial charge in [-0.2, -0.15) is 0 Å². The Balaban J connectivity index is 1.92. The van der Waals surface area contributed by atoms with Gasteiger partial charge < -0.3 is 15.4 Å². The number of halogens is 1. The van der Waals surface area contributed by atoms with E-state index in [4.69, 9.17) is 16.3 Å². The Bertz CT molecular complexity index is 567. The van der Waals surface area contributed by atoms with Crippen LogP contribution in [0.3, 0.4) is 0 Å². The van der Waals surface area contributed by atoms with Gasteiger partial charge >= 0.3 is 6.03 Å². The van der Waals surface area contributed by atoms with Crippen molar-refractivity contribution in [3.05, 3.63) is 53.6 Å². The molecule has 0 aromatic heterocycles. The molecule has 0 saturated carbocycles. The molecule has 5 heteroatoms.